The molecule has 0 fully saturated rings. The molecule has 0 bridgehead atoms. The zero-order chi connectivity index (χ0) is 8.10. The zero-order valence-corrected chi connectivity index (χ0v) is 6.16. The Morgan fingerprint density at radius 3 is 2.45 bits per heavy atom. The lowest BCUT2D eigenvalue weighted by Gasteiger charge is -1.94. The first kappa shape index (κ1) is 7.66. The number of aldehydes is 1. The molecule has 1 aromatic rings. The number of nitrogens with zero attached hydrogens (tertiary/aromatic N) is 1. The third kappa shape index (κ3) is 2.00. The maximum absolute atomic E-state index is 10.1. The summed E-state index contributed by atoms with van der Waals surface area (Å²) >= 11 is 0. The van der Waals surface area contributed by atoms with Crippen LogP contribution in [0.15, 0.2) is 29.3 Å². The summed E-state index contributed by atoms with van der Waals surface area (Å²) in [5.74, 6) is 0. The van der Waals surface area contributed by atoms with Crippen molar-refractivity contribution in [2.24, 2.45) is 4.99 Å². The maximum Gasteiger partial charge on any atom is 0.124 e. The van der Waals surface area contributed by atoms with Gasteiger partial charge >= 0.3 is 0 Å². The number of carbonyl (C=O) groups is 1. The fourth-order valence-electron chi connectivity index (χ4n) is 0.834. The highest BCUT2D eigenvalue weighted by molar-refractivity contribution is 5.56. The van der Waals surface area contributed by atoms with Crippen molar-refractivity contribution in [3.63, 3.8) is 0 Å². The average molecular weight is 147 g/mol. The summed E-state index contributed by atoms with van der Waals surface area (Å²) in [5, 5.41) is 0. The molecule has 0 saturated heterocycles. The van der Waals surface area contributed by atoms with Gasteiger partial charge in [-0.3, -0.25) is 4.99 Å². The normalized spacial score (nSPS) is 9.09. The molecular formula is C9H9NO. The van der Waals surface area contributed by atoms with Crippen LogP contribution < -0.4 is 0 Å². The van der Waals surface area contributed by atoms with Gasteiger partial charge in [-0.15, -0.1) is 0 Å². The molecule has 0 spiro atoms. The summed E-state index contributed by atoms with van der Waals surface area (Å²) in [6, 6.07) is 7.43. The smallest absolute Gasteiger partial charge is 0.124 e. The van der Waals surface area contributed by atoms with Gasteiger partial charge in [-0.05, 0) is 24.4 Å². The van der Waals surface area contributed by atoms with Crippen molar-refractivity contribution in [3.8, 4) is 0 Å². The van der Waals surface area contributed by atoms with Crippen molar-refractivity contribution in [1.82, 2.24) is 0 Å². The summed E-state index contributed by atoms with van der Waals surface area (Å²) in [4.78, 5) is 13.8. The number of aliphatic imine (C=N–C) groups is 1. The molecule has 1 rings (SSSR count). The minimum absolute atomic E-state index is 0.470. The minimum Gasteiger partial charge on any atom is -0.303 e. The highest BCUT2D eigenvalue weighted by Gasteiger charge is 1.90. The van der Waals surface area contributed by atoms with E-state index in [1.165, 1.54) is 0 Å². The van der Waals surface area contributed by atoms with Gasteiger partial charge in [0.1, 0.15) is 6.29 Å². The topological polar surface area (TPSA) is 29.4 Å². The van der Waals surface area contributed by atoms with Crippen LogP contribution >= 0.6 is 0 Å². The Morgan fingerprint density at radius 2 is 2.00 bits per heavy atom. The summed E-state index contributed by atoms with van der Waals surface area (Å²) < 4.78 is 0. The lowest BCUT2D eigenvalue weighted by atomic mass is 10.1. The molecule has 0 N–H and O–H groups in total. The Morgan fingerprint density at radius 1 is 1.36 bits per heavy atom. The Balaban J connectivity index is 2.81. The maximum atomic E-state index is 10.1. The van der Waals surface area contributed by atoms with Gasteiger partial charge < -0.3 is 4.79 Å². The van der Waals surface area contributed by atoms with E-state index in [4.69, 9.17) is 0 Å². The monoisotopic (exact) mass is 147 g/mol. The van der Waals surface area contributed by atoms with Crippen LogP contribution in [0.25, 0.3) is 0 Å². The van der Waals surface area contributed by atoms with Gasteiger partial charge in [-0.1, -0.05) is 12.1 Å². The van der Waals surface area contributed by atoms with Crippen LogP contribution in [0.2, 0.25) is 0 Å². The average Bonchev–Trinajstić information content (AvgIpc) is 2.07. The van der Waals surface area contributed by atoms with Crippen LogP contribution in [-0.4, -0.2) is 13.0 Å². The molecule has 0 aliphatic carbocycles. The molecule has 0 aromatic heterocycles. The quantitative estimate of drug-likeness (QED) is 0.473. The van der Waals surface area contributed by atoms with E-state index in [-0.39, 0.29) is 0 Å². The van der Waals surface area contributed by atoms with Crippen molar-refractivity contribution in [2.45, 2.75) is 6.42 Å². The molecular weight excluding hydrogens is 138 g/mol. The standard InChI is InChI=1S/C9H9NO/c1-10-9-4-2-8(3-5-9)6-7-11/h2-5,7H,1,6H2. The molecule has 0 unspecified atom stereocenters. The molecule has 0 heterocycles. The second kappa shape index (κ2) is 3.66. The first-order chi connectivity index (χ1) is 5.36. The van der Waals surface area contributed by atoms with Crippen molar-refractivity contribution in [2.75, 3.05) is 0 Å². The number of benzene rings is 1. The number of carbonyl (C=O) groups excluding carboxylic acids is 1. The largest absolute Gasteiger partial charge is 0.303 e. The van der Waals surface area contributed by atoms with E-state index >= 15 is 0 Å². The van der Waals surface area contributed by atoms with Crippen molar-refractivity contribution < 1.29 is 4.79 Å². The predicted octanol–water partition coefficient (Wildman–Crippen LogP) is 1.76. The van der Waals surface area contributed by atoms with E-state index in [1.54, 1.807) is 0 Å². The fraction of sp³-hybridized carbons (Fsp3) is 0.111. The van der Waals surface area contributed by atoms with Crippen LogP contribution in [0, 0.1) is 0 Å². The molecule has 11 heavy (non-hydrogen) atoms. The van der Waals surface area contributed by atoms with E-state index in [9.17, 15) is 4.79 Å². The molecule has 2 nitrogen and oxygen atoms in total. The molecule has 0 radical (unpaired) electrons. The van der Waals surface area contributed by atoms with E-state index in [2.05, 4.69) is 11.7 Å². The fourth-order valence-corrected chi connectivity index (χ4v) is 0.834. The van der Waals surface area contributed by atoms with Gasteiger partial charge in [-0.25, -0.2) is 0 Å². The summed E-state index contributed by atoms with van der Waals surface area (Å²) in [6.07, 6.45) is 1.35. The summed E-state index contributed by atoms with van der Waals surface area (Å²) in [7, 11) is 0. The molecule has 0 atom stereocenters. The van der Waals surface area contributed by atoms with E-state index in [1.807, 2.05) is 24.3 Å². The van der Waals surface area contributed by atoms with Crippen LogP contribution in [0.3, 0.4) is 0 Å². The number of hydrogen-bond donors (Lipinski definition) is 0. The SMILES string of the molecule is C=Nc1ccc(CC=O)cc1. The van der Waals surface area contributed by atoms with E-state index in [0.29, 0.717) is 6.42 Å². The van der Waals surface area contributed by atoms with Crippen LogP contribution in [0.5, 0.6) is 0 Å². The lowest BCUT2D eigenvalue weighted by Crippen LogP contribution is -1.82. The van der Waals surface area contributed by atoms with Gasteiger partial charge in [0.15, 0.2) is 0 Å². The Labute approximate surface area is 65.6 Å². The predicted molar refractivity (Wildman–Crippen MR) is 45.4 cm³/mol. The zero-order valence-electron chi connectivity index (χ0n) is 6.16. The van der Waals surface area contributed by atoms with Crippen LogP contribution in [-0.2, 0) is 11.2 Å². The number of rotatable bonds is 3. The first-order valence-corrected chi connectivity index (χ1v) is 3.36. The van der Waals surface area contributed by atoms with Crippen molar-refractivity contribution in [1.29, 1.82) is 0 Å². The molecule has 0 aliphatic heterocycles. The summed E-state index contributed by atoms with van der Waals surface area (Å²) in [5.41, 5.74) is 1.84. The minimum atomic E-state index is 0.470. The highest BCUT2D eigenvalue weighted by Crippen LogP contribution is 2.11. The van der Waals surface area contributed by atoms with Crippen molar-refractivity contribution >= 4 is 18.7 Å². The second-order valence-corrected chi connectivity index (χ2v) is 2.20. The highest BCUT2D eigenvalue weighted by atomic mass is 16.1. The lowest BCUT2D eigenvalue weighted by molar-refractivity contribution is -0.107. The molecule has 0 saturated carbocycles. The third-order valence-electron chi connectivity index (χ3n) is 1.44. The van der Waals surface area contributed by atoms with Crippen LogP contribution in [0.1, 0.15) is 5.56 Å². The first-order valence-electron chi connectivity index (χ1n) is 3.36. The van der Waals surface area contributed by atoms with Gasteiger partial charge in [0.2, 0.25) is 0 Å². The summed E-state index contributed by atoms with van der Waals surface area (Å²) in [6.45, 7) is 3.39. The van der Waals surface area contributed by atoms with Gasteiger partial charge in [-0.2, -0.15) is 0 Å². The molecule has 2 heteroatoms. The Bertz CT molecular complexity index is 251. The Hall–Kier alpha value is -1.44. The van der Waals surface area contributed by atoms with Gasteiger partial charge in [0.05, 0.1) is 5.69 Å². The van der Waals surface area contributed by atoms with E-state index < -0.39 is 0 Å². The van der Waals surface area contributed by atoms with Gasteiger partial charge in [0, 0.05) is 6.42 Å². The molecule has 0 amide bonds. The number of hydrogen-bond acceptors (Lipinski definition) is 2. The van der Waals surface area contributed by atoms with Gasteiger partial charge in [0.25, 0.3) is 0 Å². The van der Waals surface area contributed by atoms with Crippen LogP contribution in [0.4, 0.5) is 5.69 Å². The van der Waals surface area contributed by atoms with E-state index in [0.717, 1.165) is 17.5 Å². The Kier molecular flexibility index (Phi) is 2.55. The second-order valence-electron chi connectivity index (χ2n) is 2.20. The van der Waals surface area contributed by atoms with Crippen molar-refractivity contribution in [3.05, 3.63) is 29.8 Å². The molecule has 56 valence electrons. The third-order valence-corrected chi connectivity index (χ3v) is 1.44. The molecule has 0 aliphatic rings. The molecule has 1 aromatic carbocycles.